The third-order valence-corrected chi connectivity index (χ3v) is 3.77. The number of aromatic nitrogens is 1. The number of rotatable bonds is 2. The maximum Gasteiger partial charge on any atom is 0.391 e. The molecule has 2 rings (SSSR count). The highest BCUT2D eigenvalue weighted by atomic mass is 79.9. The van der Waals surface area contributed by atoms with Gasteiger partial charge in [0.15, 0.2) is 0 Å². The average molecular weight is 339 g/mol. The number of aliphatic hydroxyl groups excluding tert-OH is 1. The summed E-state index contributed by atoms with van der Waals surface area (Å²) < 4.78 is 38.5. The Morgan fingerprint density at radius 1 is 1.37 bits per heavy atom. The van der Waals surface area contributed by atoms with E-state index in [9.17, 15) is 18.3 Å². The van der Waals surface area contributed by atoms with Crippen LogP contribution in [0.2, 0.25) is 0 Å². The highest BCUT2D eigenvalue weighted by Gasteiger charge is 2.41. The molecule has 1 fully saturated rings. The lowest BCUT2D eigenvalue weighted by Crippen LogP contribution is -2.39. The Labute approximate surface area is 117 Å². The van der Waals surface area contributed by atoms with Crippen molar-refractivity contribution in [2.45, 2.75) is 25.6 Å². The van der Waals surface area contributed by atoms with Crippen molar-refractivity contribution < 1.29 is 18.3 Å². The summed E-state index contributed by atoms with van der Waals surface area (Å²) in [5, 5.41) is 9.29. The molecule has 0 atom stereocenters. The Morgan fingerprint density at radius 3 is 2.53 bits per heavy atom. The number of aliphatic hydroxyl groups is 1. The van der Waals surface area contributed by atoms with Crippen molar-refractivity contribution in [1.29, 1.82) is 0 Å². The van der Waals surface area contributed by atoms with Gasteiger partial charge in [0.1, 0.15) is 5.82 Å². The van der Waals surface area contributed by atoms with Gasteiger partial charge in [-0.3, -0.25) is 0 Å². The van der Waals surface area contributed by atoms with Crippen molar-refractivity contribution >= 4 is 21.7 Å². The van der Waals surface area contributed by atoms with Gasteiger partial charge in [-0.2, -0.15) is 13.2 Å². The molecular formula is C12H14BrF3N2O. The van der Waals surface area contributed by atoms with Crippen LogP contribution in [0.15, 0.2) is 16.7 Å². The van der Waals surface area contributed by atoms with Gasteiger partial charge in [0.2, 0.25) is 0 Å². The quantitative estimate of drug-likeness (QED) is 0.900. The molecule has 7 heteroatoms. The molecule has 106 valence electrons. The van der Waals surface area contributed by atoms with Crippen LogP contribution in [0.3, 0.4) is 0 Å². The van der Waals surface area contributed by atoms with Gasteiger partial charge in [0.25, 0.3) is 0 Å². The number of hydrogen-bond donors (Lipinski definition) is 1. The Morgan fingerprint density at radius 2 is 2.00 bits per heavy atom. The van der Waals surface area contributed by atoms with Crippen LogP contribution in [-0.4, -0.2) is 29.4 Å². The number of alkyl halides is 3. The second kappa shape index (κ2) is 5.66. The van der Waals surface area contributed by atoms with E-state index < -0.39 is 12.1 Å². The van der Waals surface area contributed by atoms with Gasteiger partial charge in [-0.05, 0) is 34.8 Å². The lowest BCUT2D eigenvalue weighted by atomic mass is 9.96. The smallest absolute Gasteiger partial charge is 0.391 e. The SMILES string of the molecule is OCc1cc(Br)cnc1N1CCC(C(F)(F)F)CC1. The summed E-state index contributed by atoms with van der Waals surface area (Å²) in [7, 11) is 0. The lowest BCUT2D eigenvalue weighted by Gasteiger charge is -2.34. The molecule has 0 amide bonds. The van der Waals surface area contributed by atoms with Crippen molar-refractivity contribution in [2.24, 2.45) is 5.92 Å². The largest absolute Gasteiger partial charge is 0.392 e. The predicted octanol–water partition coefficient (Wildman–Crippen LogP) is 3.12. The number of hydrogen-bond acceptors (Lipinski definition) is 3. The molecule has 1 aromatic heterocycles. The van der Waals surface area contributed by atoms with Gasteiger partial charge in [-0.15, -0.1) is 0 Å². The molecule has 0 bridgehead atoms. The molecule has 1 aliphatic heterocycles. The van der Waals surface area contributed by atoms with Gasteiger partial charge < -0.3 is 10.0 Å². The standard InChI is InChI=1S/C12H14BrF3N2O/c13-10-5-8(7-19)11(17-6-10)18-3-1-9(2-4-18)12(14,15)16/h5-6,9,19H,1-4,7H2. The van der Waals surface area contributed by atoms with Crippen molar-refractivity contribution in [3.63, 3.8) is 0 Å². The molecule has 0 spiro atoms. The topological polar surface area (TPSA) is 36.4 Å². The molecule has 1 aliphatic rings. The molecule has 1 aromatic rings. The van der Waals surface area contributed by atoms with Gasteiger partial charge in [0, 0.05) is 29.3 Å². The zero-order chi connectivity index (χ0) is 14.0. The van der Waals surface area contributed by atoms with E-state index in [-0.39, 0.29) is 19.4 Å². The van der Waals surface area contributed by atoms with Crippen molar-refractivity contribution in [3.8, 4) is 0 Å². The fourth-order valence-electron chi connectivity index (χ4n) is 2.29. The van der Waals surface area contributed by atoms with Crippen molar-refractivity contribution in [1.82, 2.24) is 4.98 Å². The summed E-state index contributed by atoms with van der Waals surface area (Å²) in [6.07, 6.45) is -2.37. The predicted molar refractivity (Wildman–Crippen MR) is 68.9 cm³/mol. The molecule has 0 radical (unpaired) electrons. The van der Waals surface area contributed by atoms with Crippen LogP contribution in [0.25, 0.3) is 0 Å². The van der Waals surface area contributed by atoms with Crippen LogP contribution in [0.1, 0.15) is 18.4 Å². The third kappa shape index (κ3) is 3.39. The maximum absolute atomic E-state index is 12.6. The molecule has 0 unspecified atom stereocenters. The number of piperidine rings is 1. The van der Waals surface area contributed by atoms with Crippen LogP contribution in [-0.2, 0) is 6.61 Å². The minimum absolute atomic E-state index is 0.0755. The molecule has 1 N–H and O–H groups in total. The minimum atomic E-state index is -4.11. The van der Waals surface area contributed by atoms with E-state index in [2.05, 4.69) is 20.9 Å². The molecule has 0 aliphatic carbocycles. The summed E-state index contributed by atoms with van der Waals surface area (Å²) >= 11 is 3.26. The minimum Gasteiger partial charge on any atom is -0.392 e. The van der Waals surface area contributed by atoms with Crippen molar-refractivity contribution in [2.75, 3.05) is 18.0 Å². The van der Waals surface area contributed by atoms with Crippen LogP contribution in [0.4, 0.5) is 19.0 Å². The van der Waals surface area contributed by atoms with E-state index in [4.69, 9.17) is 0 Å². The van der Waals surface area contributed by atoms with Crippen LogP contribution >= 0.6 is 15.9 Å². The second-order valence-electron chi connectivity index (χ2n) is 4.60. The van der Waals surface area contributed by atoms with Crippen LogP contribution in [0.5, 0.6) is 0 Å². The lowest BCUT2D eigenvalue weighted by molar-refractivity contribution is -0.179. The van der Waals surface area contributed by atoms with E-state index in [1.807, 2.05) is 0 Å². The number of nitrogens with zero attached hydrogens (tertiary/aromatic N) is 2. The normalized spacial score (nSPS) is 17.8. The fourth-order valence-corrected chi connectivity index (χ4v) is 2.67. The van der Waals surface area contributed by atoms with Gasteiger partial charge in [-0.25, -0.2) is 4.98 Å². The first-order valence-corrected chi connectivity index (χ1v) is 6.78. The first kappa shape index (κ1) is 14.6. The van der Waals surface area contributed by atoms with Crippen LogP contribution in [0, 0.1) is 5.92 Å². The molecule has 0 aromatic carbocycles. The summed E-state index contributed by atoms with van der Waals surface area (Å²) in [4.78, 5) is 6.00. The average Bonchev–Trinajstić information content (AvgIpc) is 2.37. The highest BCUT2D eigenvalue weighted by Crippen LogP contribution is 2.35. The van der Waals surface area contributed by atoms with E-state index >= 15 is 0 Å². The number of anilines is 1. The van der Waals surface area contributed by atoms with E-state index in [0.717, 1.165) is 4.47 Å². The highest BCUT2D eigenvalue weighted by molar-refractivity contribution is 9.10. The van der Waals surface area contributed by atoms with Gasteiger partial charge in [0.05, 0.1) is 12.5 Å². The molecule has 3 nitrogen and oxygen atoms in total. The summed E-state index contributed by atoms with van der Waals surface area (Å²) in [6.45, 7) is 0.443. The number of halogens is 4. The van der Waals surface area contributed by atoms with E-state index in [1.165, 1.54) is 0 Å². The molecule has 1 saturated heterocycles. The third-order valence-electron chi connectivity index (χ3n) is 3.34. The van der Waals surface area contributed by atoms with Gasteiger partial charge in [-0.1, -0.05) is 0 Å². The Hall–Kier alpha value is -0.820. The zero-order valence-corrected chi connectivity index (χ0v) is 11.7. The van der Waals surface area contributed by atoms with Crippen molar-refractivity contribution in [3.05, 3.63) is 22.3 Å². The Kier molecular flexibility index (Phi) is 4.35. The fraction of sp³-hybridized carbons (Fsp3) is 0.583. The summed E-state index contributed by atoms with van der Waals surface area (Å²) in [5.41, 5.74) is 0.625. The molecule has 2 heterocycles. The second-order valence-corrected chi connectivity index (χ2v) is 5.51. The van der Waals surface area contributed by atoms with E-state index in [1.54, 1.807) is 17.2 Å². The van der Waals surface area contributed by atoms with Gasteiger partial charge >= 0.3 is 6.18 Å². The molecular weight excluding hydrogens is 325 g/mol. The molecule has 19 heavy (non-hydrogen) atoms. The first-order valence-electron chi connectivity index (χ1n) is 5.98. The van der Waals surface area contributed by atoms with Crippen LogP contribution < -0.4 is 4.90 Å². The van der Waals surface area contributed by atoms with E-state index in [0.29, 0.717) is 24.5 Å². The summed E-state index contributed by atoms with van der Waals surface area (Å²) in [6, 6.07) is 1.73. The zero-order valence-electron chi connectivity index (χ0n) is 10.1. The molecule has 0 saturated carbocycles. The number of pyridine rings is 1. The Balaban J connectivity index is 2.10. The first-order chi connectivity index (χ1) is 8.91. The maximum atomic E-state index is 12.6. The Bertz CT molecular complexity index is 445. The summed E-state index contributed by atoms with van der Waals surface area (Å²) in [5.74, 6) is -0.650. The monoisotopic (exact) mass is 338 g/mol.